The number of pyridine rings is 1. The maximum Gasteiger partial charge on any atom is 0.417 e. The van der Waals surface area contributed by atoms with Crippen molar-refractivity contribution in [2.45, 2.75) is 38.9 Å². The van der Waals surface area contributed by atoms with Crippen LogP contribution in [0.2, 0.25) is 0 Å². The van der Waals surface area contributed by atoms with E-state index in [9.17, 15) is 13.2 Å². The first kappa shape index (κ1) is 14.9. The van der Waals surface area contributed by atoms with E-state index in [0.29, 0.717) is 11.6 Å². The Kier molecular flexibility index (Phi) is 5.10. The third-order valence-corrected chi connectivity index (χ3v) is 3.01. The van der Waals surface area contributed by atoms with Gasteiger partial charge in [-0.3, -0.25) is 16.3 Å². The molecule has 0 spiro atoms. The van der Waals surface area contributed by atoms with Gasteiger partial charge in [-0.25, -0.2) is 0 Å². The molecule has 0 saturated carbocycles. The topological polar surface area (TPSA) is 50.9 Å². The molecule has 0 amide bonds. The van der Waals surface area contributed by atoms with Crippen molar-refractivity contribution in [3.8, 4) is 0 Å². The van der Waals surface area contributed by atoms with Gasteiger partial charge in [-0.2, -0.15) is 13.2 Å². The van der Waals surface area contributed by atoms with Crippen LogP contribution in [0, 0.1) is 5.92 Å². The molecule has 2 unspecified atom stereocenters. The molecule has 1 aromatic rings. The standard InChI is InChI=1S/C12H18F3N3/c1-3-8(2)6-11(18-16)10-5-4-9(7-17-10)12(13,14)15/h4-5,7-8,11,18H,3,6,16H2,1-2H3. The molecule has 3 N–H and O–H groups in total. The molecule has 1 rings (SSSR count). The van der Waals surface area contributed by atoms with E-state index in [2.05, 4.69) is 24.3 Å². The summed E-state index contributed by atoms with van der Waals surface area (Å²) in [5, 5.41) is 0. The van der Waals surface area contributed by atoms with Gasteiger partial charge in [0.25, 0.3) is 0 Å². The van der Waals surface area contributed by atoms with Crippen molar-refractivity contribution >= 4 is 0 Å². The molecule has 1 aromatic heterocycles. The number of alkyl halides is 3. The van der Waals surface area contributed by atoms with Crippen LogP contribution in [0.25, 0.3) is 0 Å². The van der Waals surface area contributed by atoms with Crippen molar-refractivity contribution in [1.82, 2.24) is 10.4 Å². The fraction of sp³-hybridized carbons (Fsp3) is 0.583. The number of hydrogen-bond donors (Lipinski definition) is 2. The van der Waals surface area contributed by atoms with Crippen molar-refractivity contribution in [2.24, 2.45) is 11.8 Å². The highest BCUT2D eigenvalue weighted by molar-refractivity contribution is 5.18. The summed E-state index contributed by atoms with van der Waals surface area (Å²) in [4.78, 5) is 3.84. The van der Waals surface area contributed by atoms with E-state index in [0.717, 1.165) is 25.1 Å². The van der Waals surface area contributed by atoms with Crippen LogP contribution in [0.3, 0.4) is 0 Å². The number of nitrogens with zero attached hydrogens (tertiary/aromatic N) is 1. The van der Waals surface area contributed by atoms with Crippen molar-refractivity contribution < 1.29 is 13.2 Å². The lowest BCUT2D eigenvalue weighted by atomic mass is 9.97. The summed E-state index contributed by atoms with van der Waals surface area (Å²) in [6, 6.07) is 2.18. The molecular formula is C12H18F3N3. The molecule has 102 valence electrons. The zero-order valence-corrected chi connectivity index (χ0v) is 10.5. The number of aromatic nitrogens is 1. The molecule has 0 aliphatic rings. The molecule has 0 bridgehead atoms. The molecular weight excluding hydrogens is 243 g/mol. The number of halogens is 3. The smallest absolute Gasteiger partial charge is 0.271 e. The zero-order valence-electron chi connectivity index (χ0n) is 10.5. The summed E-state index contributed by atoms with van der Waals surface area (Å²) in [7, 11) is 0. The molecule has 18 heavy (non-hydrogen) atoms. The van der Waals surface area contributed by atoms with Gasteiger partial charge in [0.2, 0.25) is 0 Å². The molecule has 0 saturated heterocycles. The molecule has 2 atom stereocenters. The van der Waals surface area contributed by atoms with Gasteiger partial charge in [0, 0.05) is 6.20 Å². The predicted molar refractivity (Wildman–Crippen MR) is 63.4 cm³/mol. The van der Waals surface area contributed by atoms with Crippen LogP contribution in [-0.4, -0.2) is 4.98 Å². The summed E-state index contributed by atoms with van der Waals surface area (Å²) < 4.78 is 37.2. The average Bonchev–Trinajstić information content (AvgIpc) is 2.34. The monoisotopic (exact) mass is 261 g/mol. The highest BCUT2D eigenvalue weighted by Crippen LogP contribution is 2.29. The number of hydrazine groups is 1. The number of rotatable bonds is 5. The van der Waals surface area contributed by atoms with Gasteiger partial charge < -0.3 is 0 Å². The minimum Gasteiger partial charge on any atom is -0.271 e. The molecule has 6 heteroatoms. The van der Waals surface area contributed by atoms with E-state index in [1.165, 1.54) is 6.07 Å². The predicted octanol–water partition coefficient (Wildman–Crippen LogP) is 3.04. The third-order valence-electron chi connectivity index (χ3n) is 3.01. The summed E-state index contributed by atoms with van der Waals surface area (Å²) in [6.45, 7) is 4.12. The first-order valence-electron chi connectivity index (χ1n) is 5.87. The lowest BCUT2D eigenvalue weighted by Gasteiger charge is -2.19. The van der Waals surface area contributed by atoms with Gasteiger partial charge >= 0.3 is 6.18 Å². The van der Waals surface area contributed by atoms with Crippen molar-refractivity contribution in [2.75, 3.05) is 0 Å². The summed E-state index contributed by atoms with van der Waals surface area (Å²) in [5.41, 5.74) is 2.39. The Hall–Kier alpha value is -1.14. The Bertz CT molecular complexity index is 362. The molecule has 0 aliphatic carbocycles. The normalized spacial score (nSPS) is 15.4. The highest BCUT2D eigenvalue weighted by Gasteiger charge is 2.31. The Morgan fingerprint density at radius 2 is 2.06 bits per heavy atom. The van der Waals surface area contributed by atoms with E-state index in [1.54, 1.807) is 0 Å². The summed E-state index contributed by atoms with van der Waals surface area (Å²) >= 11 is 0. The maximum absolute atomic E-state index is 12.4. The lowest BCUT2D eigenvalue weighted by molar-refractivity contribution is -0.137. The SMILES string of the molecule is CCC(C)CC(NN)c1ccc(C(F)(F)F)cn1. The molecule has 3 nitrogen and oxygen atoms in total. The second-order valence-corrected chi connectivity index (χ2v) is 4.44. The van der Waals surface area contributed by atoms with E-state index in [-0.39, 0.29) is 6.04 Å². The summed E-state index contributed by atoms with van der Waals surface area (Å²) in [6.07, 6.45) is -1.78. The van der Waals surface area contributed by atoms with E-state index < -0.39 is 11.7 Å². The Morgan fingerprint density at radius 1 is 1.39 bits per heavy atom. The van der Waals surface area contributed by atoms with Crippen LogP contribution >= 0.6 is 0 Å². The first-order chi connectivity index (χ1) is 8.38. The van der Waals surface area contributed by atoms with Gasteiger partial charge in [0.15, 0.2) is 0 Å². The highest BCUT2D eigenvalue weighted by atomic mass is 19.4. The van der Waals surface area contributed by atoms with Gasteiger partial charge in [-0.15, -0.1) is 0 Å². The summed E-state index contributed by atoms with van der Waals surface area (Å²) in [5.74, 6) is 5.85. The van der Waals surface area contributed by atoms with Crippen LogP contribution in [0.4, 0.5) is 13.2 Å². The second kappa shape index (κ2) is 6.15. The van der Waals surface area contributed by atoms with Crippen LogP contribution in [0.5, 0.6) is 0 Å². The van der Waals surface area contributed by atoms with Gasteiger partial charge in [0.1, 0.15) is 0 Å². The zero-order chi connectivity index (χ0) is 13.8. The first-order valence-corrected chi connectivity index (χ1v) is 5.87. The fourth-order valence-electron chi connectivity index (χ4n) is 1.62. The van der Waals surface area contributed by atoms with Gasteiger partial charge in [0.05, 0.1) is 17.3 Å². The molecule has 0 aromatic carbocycles. The maximum atomic E-state index is 12.4. The van der Waals surface area contributed by atoms with Crippen LogP contribution < -0.4 is 11.3 Å². The second-order valence-electron chi connectivity index (χ2n) is 4.44. The lowest BCUT2D eigenvalue weighted by Crippen LogP contribution is -2.30. The van der Waals surface area contributed by atoms with E-state index in [4.69, 9.17) is 5.84 Å². The molecule has 0 radical (unpaired) electrons. The van der Waals surface area contributed by atoms with Crippen molar-refractivity contribution in [1.29, 1.82) is 0 Å². The third kappa shape index (κ3) is 3.96. The number of nitrogens with one attached hydrogen (secondary N) is 1. The van der Waals surface area contributed by atoms with E-state index >= 15 is 0 Å². The molecule has 0 aliphatic heterocycles. The van der Waals surface area contributed by atoms with Crippen LogP contribution in [0.15, 0.2) is 18.3 Å². The van der Waals surface area contributed by atoms with Crippen LogP contribution in [0.1, 0.15) is 44.0 Å². The number of hydrogen-bond acceptors (Lipinski definition) is 3. The quantitative estimate of drug-likeness (QED) is 0.632. The Balaban J connectivity index is 2.82. The van der Waals surface area contributed by atoms with Crippen molar-refractivity contribution in [3.05, 3.63) is 29.6 Å². The fourth-order valence-corrected chi connectivity index (χ4v) is 1.62. The minimum atomic E-state index is -4.35. The number of nitrogens with two attached hydrogens (primary N) is 1. The average molecular weight is 261 g/mol. The van der Waals surface area contributed by atoms with Gasteiger partial charge in [-0.05, 0) is 24.5 Å². The van der Waals surface area contributed by atoms with Crippen LogP contribution in [-0.2, 0) is 6.18 Å². The van der Waals surface area contributed by atoms with E-state index in [1.807, 2.05) is 0 Å². The van der Waals surface area contributed by atoms with Crippen molar-refractivity contribution in [3.63, 3.8) is 0 Å². The largest absolute Gasteiger partial charge is 0.417 e. The Labute approximate surface area is 105 Å². The minimum absolute atomic E-state index is 0.220. The Morgan fingerprint density at radius 3 is 2.44 bits per heavy atom. The molecule has 0 fully saturated rings. The van der Waals surface area contributed by atoms with Gasteiger partial charge in [-0.1, -0.05) is 20.3 Å². The molecule has 1 heterocycles.